The summed E-state index contributed by atoms with van der Waals surface area (Å²) in [6.07, 6.45) is 0. The molecule has 0 bridgehead atoms. The van der Waals surface area contributed by atoms with E-state index in [4.69, 9.17) is 19.9 Å². The number of thiazole rings is 1. The van der Waals surface area contributed by atoms with Crippen molar-refractivity contribution in [3.8, 4) is 50.4 Å². The molecule has 0 aliphatic carbocycles. The van der Waals surface area contributed by atoms with Gasteiger partial charge in [0, 0.05) is 38.7 Å². The van der Waals surface area contributed by atoms with Crippen LogP contribution in [0.15, 0.2) is 152 Å². The van der Waals surface area contributed by atoms with Crippen LogP contribution in [0.3, 0.4) is 0 Å². The molecule has 9 rings (SSSR count). The second-order valence-corrected chi connectivity index (χ2v) is 12.2. The molecule has 0 aliphatic heterocycles. The molecular weight excluding hydrogens is 583 g/mol. The molecule has 9 aromatic rings. The van der Waals surface area contributed by atoms with Crippen LogP contribution in [0.5, 0.6) is 0 Å². The number of aromatic nitrogens is 5. The van der Waals surface area contributed by atoms with E-state index in [1.807, 2.05) is 60.7 Å². The van der Waals surface area contributed by atoms with Crippen LogP contribution in [-0.4, -0.2) is 24.5 Å². The highest BCUT2D eigenvalue weighted by Crippen LogP contribution is 2.35. The lowest BCUT2D eigenvalue weighted by Gasteiger charge is -2.08. The predicted molar refractivity (Wildman–Crippen MR) is 189 cm³/mol. The van der Waals surface area contributed by atoms with Gasteiger partial charge in [-0.25, -0.2) is 19.9 Å². The minimum atomic E-state index is 0.625. The summed E-state index contributed by atoms with van der Waals surface area (Å²) < 4.78 is 3.45. The van der Waals surface area contributed by atoms with Crippen molar-refractivity contribution in [1.82, 2.24) is 24.5 Å². The van der Waals surface area contributed by atoms with Crippen molar-refractivity contribution < 1.29 is 0 Å². The molecule has 0 atom stereocenters. The number of hydrogen-bond acceptors (Lipinski definition) is 5. The molecule has 6 aromatic carbocycles. The number of para-hydroxylation sites is 2. The quantitative estimate of drug-likeness (QED) is 0.195. The molecule has 0 saturated heterocycles. The standard InChI is InChI=1S/C40H25N5S/c1-3-11-26(12-4-1)37-42-38(27-13-5-2-6-14-27)44-39(43-37)29-21-24-36-33(25-29)41-40(46-36)28-19-22-30(23-20-28)45-34-17-9-7-15-31(34)32-16-8-10-18-35(32)45/h1-25H. The lowest BCUT2D eigenvalue weighted by atomic mass is 10.1. The Morgan fingerprint density at radius 2 is 0.913 bits per heavy atom. The van der Waals surface area contributed by atoms with E-state index in [9.17, 15) is 0 Å². The molecule has 0 unspecified atom stereocenters. The van der Waals surface area contributed by atoms with E-state index in [-0.39, 0.29) is 0 Å². The van der Waals surface area contributed by atoms with Crippen molar-refractivity contribution in [3.05, 3.63) is 152 Å². The Bertz CT molecular complexity index is 2410. The topological polar surface area (TPSA) is 56.5 Å². The van der Waals surface area contributed by atoms with Crippen LogP contribution in [0.2, 0.25) is 0 Å². The molecular formula is C40H25N5S. The van der Waals surface area contributed by atoms with Crippen LogP contribution in [0.1, 0.15) is 0 Å². The fourth-order valence-electron chi connectivity index (χ4n) is 6.08. The van der Waals surface area contributed by atoms with Gasteiger partial charge in [-0.3, -0.25) is 0 Å². The zero-order valence-corrected chi connectivity index (χ0v) is 25.4. The third-order valence-electron chi connectivity index (χ3n) is 8.30. The maximum atomic E-state index is 5.06. The van der Waals surface area contributed by atoms with E-state index in [2.05, 4.69) is 95.6 Å². The van der Waals surface area contributed by atoms with Crippen molar-refractivity contribution in [1.29, 1.82) is 0 Å². The molecule has 0 N–H and O–H groups in total. The lowest BCUT2D eigenvalue weighted by molar-refractivity contribution is 1.07. The summed E-state index contributed by atoms with van der Waals surface area (Å²) in [5.74, 6) is 1.92. The summed E-state index contributed by atoms with van der Waals surface area (Å²) >= 11 is 1.69. The average molecular weight is 608 g/mol. The van der Waals surface area contributed by atoms with Crippen molar-refractivity contribution >= 4 is 43.4 Å². The summed E-state index contributed by atoms with van der Waals surface area (Å²) in [5, 5.41) is 3.50. The van der Waals surface area contributed by atoms with E-state index in [1.54, 1.807) is 11.3 Å². The Balaban J connectivity index is 1.09. The Hall–Kier alpha value is -5.98. The van der Waals surface area contributed by atoms with Gasteiger partial charge in [-0.2, -0.15) is 0 Å². The Morgan fingerprint density at radius 1 is 0.413 bits per heavy atom. The van der Waals surface area contributed by atoms with Crippen molar-refractivity contribution in [2.45, 2.75) is 0 Å². The van der Waals surface area contributed by atoms with E-state index < -0.39 is 0 Å². The predicted octanol–water partition coefficient (Wildman–Crippen LogP) is 10.2. The smallest absolute Gasteiger partial charge is 0.164 e. The second kappa shape index (κ2) is 10.9. The average Bonchev–Trinajstić information content (AvgIpc) is 3.71. The van der Waals surface area contributed by atoms with Crippen LogP contribution in [0, 0.1) is 0 Å². The van der Waals surface area contributed by atoms with Crippen LogP contribution < -0.4 is 0 Å². The van der Waals surface area contributed by atoms with Crippen molar-refractivity contribution in [3.63, 3.8) is 0 Å². The molecule has 6 heteroatoms. The molecule has 0 amide bonds. The van der Waals surface area contributed by atoms with Crippen LogP contribution in [0.4, 0.5) is 0 Å². The molecule has 5 nitrogen and oxygen atoms in total. The molecule has 216 valence electrons. The fourth-order valence-corrected chi connectivity index (χ4v) is 7.03. The van der Waals surface area contributed by atoms with Crippen LogP contribution >= 0.6 is 11.3 Å². The summed E-state index contributed by atoms with van der Waals surface area (Å²) in [6.45, 7) is 0. The second-order valence-electron chi connectivity index (χ2n) is 11.2. The van der Waals surface area contributed by atoms with E-state index in [0.29, 0.717) is 17.5 Å². The summed E-state index contributed by atoms with van der Waals surface area (Å²) in [7, 11) is 0. The third-order valence-corrected chi connectivity index (χ3v) is 9.38. The van der Waals surface area contributed by atoms with Gasteiger partial charge in [0.25, 0.3) is 0 Å². The van der Waals surface area contributed by atoms with Gasteiger partial charge in [0.1, 0.15) is 5.01 Å². The van der Waals surface area contributed by atoms with E-state index in [0.717, 1.165) is 43.2 Å². The third kappa shape index (κ3) is 4.55. The zero-order chi connectivity index (χ0) is 30.5. The van der Waals surface area contributed by atoms with Crippen molar-refractivity contribution in [2.24, 2.45) is 0 Å². The largest absolute Gasteiger partial charge is 0.309 e. The van der Waals surface area contributed by atoms with Gasteiger partial charge in [-0.05, 0) is 54.6 Å². The Morgan fingerprint density at radius 3 is 1.50 bits per heavy atom. The number of nitrogens with zero attached hydrogens (tertiary/aromatic N) is 5. The molecule has 0 aliphatic rings. The van der Waals surface area contributed by atoms with Gasteiger partial charge >= 0.3 is 0 Å². The molecule has 0 spiro atoms. The van der Waals surface area contributed by atoms with Gasteiger partial charge in [-0.1, -0.05) is 97.1 Å². The first-order valence-electron chi connectivity index (χ1n) is 15.2. The Kier molecular flexibility index (Phi) is 6.25. The minimum absolute atomic E-state index is 0.625. The van der Waals surface area contributed by atoms with Crippen LogP contribution in [0.25, 0.3) is 82.4 Å². The molecule has 0 saturated carbocycles. The van der Waals surface area contributed by atoms with Gasteiger partial charge < -0.3 is 4.57 Å². The molecule has 3 heterocycles. The first-order chi connectivity index (χ1) is 22.8. The van der Waals surface area contributed by atoms with E-state index >= 15 is 0 Å². The maximum Gasteiger partial charge on any atom is 0.164 e. The number of hydrogen-bond donors (Lipinski definition) is 0. The van der Waals surface area contributed by atoms with Crippen molar-refractivity contribution in [2.75, 3.05) is 0 Å². The van der Waals surface area contributed by atoms with Crippen LogP contribution in [-0.2, 0) is 0 Å². The highest BCUT2D eigenvalue weighted by molar-refractivity contribution is 7.21. The highest BCUT2D eigenvalue weighted by atomic mass is 32.1. The minimum Gasteiger partial charge on any atom is -0.309 e. The SMILES string of the molecule is c1ccc(-c2nc(-c3ccccc3)nc(-c3ccc4sc(-c5ccc(-n6c7ccccc7c7ccccc76)cc5)nc4c3)n2)cc1. The lowest BCUT2D eigenvalue weighted by Crippen LogP contribution is -2.00. The normalized spacial score (nSPS) is 11.5. The monoisotopic (exact) mass is 607 g/mol. The van der Waals surface area contributed by atoms with Gasteiger partial charge in [0.2, 0.25) is 0 Å². The molecule has 0 fully saturated rings. The van der Waals surface area contributed by atoms with Gasteiger partial charge in [-0.15, -0.1) is 11.3 Å². The number of rotatable bonds is 5. The number of fused-ring (bicyclic) bond motifs is 4. The summed E-state index contributed by atoms with van der Waals surface area (Å²) in [4.78, 5) is 19.7. The molecule has 46 heavy (non-hydrogen) atoms. The van der Waals surface area contributed by atoms with E-state index in [1.165, 1.54) is 21.8 Å². The fraction of sp³-hybridized carbons (Fsp3) is 0. The Labute approximate surface area is 269 Å². The maximum absolute atomic E-state index is 5.06. The highest BCUT2D eigenvalue weighted by Gasteiger charge is 2.15. The molecule has 0 radical (unpaired) electrons. The van der Waals surface area contributed by atoms with Gasteiger partial charge in [0.15, 0.2) is 17.5 Å². The molecule has 3 aromatic heterocycles. The first kappa shape index (κ1) is 26.4. The zero-order valence-electron chi connectivity index (χ0n) is 24.6. The van der Waals surface area contributed by atoms with Gasteiger partial charge in [0.05, 0.1) is 21.3 Å². The summed E-state index contributed by atoms with van der Waals surface area (Å²) in [5.41, 5.74) is 8.35. The summed E-state index contributed by atoms with van der Waals surface area (Å²) in [6, 6.07) is 52.2. The number of benzene rings is 6. The first-order valence-corrected chi connectivity index (χ1v) is 16.0.